The maximum atomic E-state index is 12.5. The Balaban J connectivity index is 1.48. The van der Waals surface area contributed by atoms with Gasteiger partial charge in [-0.2, -0.15) is 0 Å². The Kier molecular flexibility index (Phi) is 6.13. The van der Waals surface area contributed by atoms with Crippen LogP contribution in [0, 0.1) is 0 Å². The van der Waals surface area contributed by atoms with E-state index in [-0.39, 0.29) is 18.9 Å². The molecule has 154 valence electrons. The summed E-state index contributed by atoms with van der Waals surface area (Å²) in [5.74, 6) is -1.09. The number of carbonyl (C=O) groups excluding carboxylic acids is 1. The van der Waals surface area contributed by atoms with Crippen LogP contribution in [-0.2, 0) is 9.53 Å². The van der Waals surface area contributed by atoms with Crippen molar-refractivity contribution in [2.45, 2.75) is 18.4 Å². The first-order valence-corrected chi connectivity index (χ1v) is 11.2. The van der Waals surface area contributed by atoms with Crippen molar-refractivity contribution in [1.29, 1.82) is 0 Å². The number of carbonyl (C=O) groups is 2. The van der Waals surface area contributed by atoms with Gasteiger partial charge in [-0.25, -0.2) is 4.79 Å². The second kappa shape index (κ2) is 8.79. The molecule has 0 bridgehead atoms. The number of benzene rings is 2. The van der Waals surface area contributed by atoms with Crippen LogP contribution in [0.1, 0.15) is 34.4 Å². The van der Waals surface area contributed by atoms with Crippen LogP contribution in [0.15, 0.2) is 59.1 Å². The van der Waals surface area contributed by atoms with E-state index in [2.05, 4.69) is 33.4 Å². The highest BCUT2D eigenvalue weighted by molar-refractivity contribution is 9.10. The Morgan fingerprint density at radius 3 is 2.27 bits per heavy atom. The van der Waals surface area contributed by atoms with Crippen LogP contribution in [0.2, 0.25) is 4.34 Å². The van der Waals surface area contributed by atoms with Gasteiger partial charge < -0.3 is 15.2 Å². The molecule has 0 saturated carbocycles. The molecule has 0 spiro atoms. The molecule has 2 aromatic carbocycles. The number of amides is 1. The molecule has 1 heterocycles. The molecule has 0 radical (unpaired) electrons. The molecular formula is C22H17BrClNO4S. The normalized spacial score (nSPS) is 13.4. The van der Waals surface area contributed by atoms with Crippen molar-refractivity contribution >= 4 is 50.9 Å². The van der Waals surface area contributed by atoms with E-state index in [1.807, 2.05) is 36.4 Å². The molecule has 30 heavy (non-hydrogen) atoms. The highest BCUT2D eigenvalue weighted by atomic mass is 79.9. The molecule has 4 rings (SSSR count). The molecule has 1 aliphatic rings. The van der Waals surface area contributed by atoms with E-state index in [1.54, 1.807) is 6.07 Å². The smallest absolute Gasteiger partial charge is 0.407 e. The van der Waals surface area contributed by atoms with Crippen LogP contribution in [0.25, 0.3) is 11.1 Å². The largest absolute Gasteiger partial charge is 0.481 e. The average molecular weight is 507 g/mol. The summed E-state index contributed by atoms with van der Waals surface area (Å²) in [4.78, 5) is 24.4. The minimum Gasteiger partial charge on any atom is -0.481 e. The third-order valence-electron chi connectivity index (χ3n) is 5.02. The lowest BCUT2D eigenvalue weighted by molar-refractivity contribution is -0.137. The number of halogens is 2. The van der Waals surface area contributed by atoms with Gasteiger partial charge in [-0.1, -0.05) is 60.1 Å². The van der Waals surface area contributed by atoms with Crippen molar-refractivity contribution in [1.82, 2.24) is 5.32 Å². The zero-order chi connectivity index (χ0) is 21.3. The zero-order valence-corrected chi connectivity index (χ0v) is 18.8. The van der Waals surface area contributed by atoms with Gasteiger partial charge in [0.15, 0.2) is 0 Å². The summed E-state index contributed by atoms with van der Waals surface area (Å²) in [5.41, 5.74) is 4.51. The monoisotopic (exact) mass is 505 g/mol. The minimum atomic E-state index is -1.03. The van der Waals surface area contributed by atoms with Crippen molar-refractivity contribution in [3.63, 3.8) is 0 Å². The Bertz CT molecular complexity index is 1050. The number of alkyl carbamates (subject to hydrolysis) is 1. The van der Waals surface area contributed by atoms with Crippen molar-refractivity contribution in [3.05, 3.63) is 79.4 Å². The molecule has 1 aromatic heterocycles. The second-order valence-corrected chi connectivity index (χ2v) is 9.43. The first-order valence-electron chi connectivity index (χ1n) is 9.22. The molecule has 0 fully saturated rings. The fourth-order valence-corrected chi connectivity index (χ4v) is 5.50. The number of carboxylic acids is 1. The SMILES string of the molecule is O=C(O)C[C@H](NC(=O)OCC1c2ccccc2-c2ccccc21)c1cc(Br)c(Cl)s1. The molecule has 3 aromatic rings. The summed E-state index contributed by atoms with van der Waals surface area (Å²) in [7, 11) is 0. The van der Waals surface area contributed by atoms with Crippen molar-refractivity contribution in [3.8, 4) is 11.1 Å². The predicted octanol–water partition coefficient (Wildman–Crippen LogP) is 6.22. The number of aliphatic carboxylic acids is 1. The third kappa shape index (κ3) is 4.24. The minimum absolute atomic E-state index is 0.0635. The van der Waals surface area contributed by atoms with Gasteiger partial charge in [0.1, 0.15) is 10.9 Å². The molecule has 5 nitrogen and oxygen atoms in total. The van der Waals surface area contributed by atoms with E-state index >= 15 is 0 Å². The second-order valence-electron chi connectivity index (χ2n) is 6.89. The van der Waals surface area contributed by atoms with Gasteiger partial charge >= 0.3 is 12.1 Å². The number of fused-ring (bicyclic) bond motifs is 3. The fraction of sp³-hybridized carbons (Fsp3) is 0.182. The van der Waals surface area contributed by atoms with Crippen molar-refractivity contribution in [2.24, 2.45) is 0 Å². The average Bonchev–Trinajstić information content (AvgIpc) is 3.23. The van der Waals surface area contributed by atoms with Gasteiger partial charge in [0, 0.05) is 15.3 Å². The number of rotatable bonds is 6. The molecular weight excluding hydrogens is 490 g/mol. The van der Waals surface area contributed by atoms with E-state index < -0.39 is 18.1 Å². The van der Waals surface area contributed by atoms with Crippen LogP contribution >= 0.6 is 38.9 Å². The predicted molar refractivity (Wildman–Crippen MR) is 120 cm³/mol. The fourth-order valence-electron chi connectivity index (χ4n) is 3.71. The lowest BCUT2D eigenvalue weighted by atomic mass is 9.98. The van der Waals surface area contributed by atoms with E-state index in [0.717, 1.165) is 22.3 Å². The molecule has 2 N–H and O–H groups in total. The van der Waals surface area contributed by atoms with Gasteiger partial charge in [0.2, 0.25) is 0 Å². The van der Waals surface area contributed by atoms with Gasteiger partial charge in [-0.05, 0) is 44.3 Å². The summed E-state index contributed by atoms with van der Waals surface area (Å²) in [6.45, 7) is 0.161. The maximum Gasteiger partial charge on any atom is 0.407 e. The summed E-state index contributed by atoms with van der Waals surface area (Å²) < 4.78 is 6.68. The lowest BCUT2D eigenvalue weighted by Crippen LogP contribution is -2.31. The maximum absolute atomic E-state index is 12.5. The molecule has 8 heteroatoms. The van der Waals surface area contributed by atoms with E-state index in [4.69, 9.17) is 16.3 Å². The van der Waals surface area contributed by atoms with Crippen LogP contribution in [0.3, 0.4) is 0 Å². The van der Waals surface area contributed by atoms with Crippen LogP contribution in [0.4, 0.5) is 4.79 Å². The highest BCUT2D eigenvalue weighted by Crippen LogP contribution is 2.44. The number of carboxylic acid groups (broad SMARTS) is 1. The first kappa shape index (κ1) is 20.9. The molecule has 0 saturated heterocycles. The van der Waals surface area contributed by atoms with Crippen molar-refractivity contribution < 1.29 is 19.4 Å². The van der Waals surface area contributed by atoms with Crippen LogP contribution in [0.5, 0.6) is 0 Å². The zero-order valence-electron chi connectivity index (χ0n) is 15.6. The summed E-state index contributed by atoms with van der Waals surface area (Å²) >= 11 is 10.6. The Hall–Kier alpha value is -2.35. The third-order valence-corrected chi connectivity index (χ3v) is 7.61. The number of hydrogen-bond donors (Lipinski definition) is 2. The Labute approximate surface area is 190 Å². The lowest BCUT2D eigenvalue weighted by Gasteiger charge is -2.18. The van der Waals surface area contributed by atoms with Crippen LogP contribution < -0.4 is 5.32 Å². The number of ether oxygens (including phenoxy) is 1. The molecule has 0 unspecified atom stereocenters. The van der Waals surface area contributed by atoms with Crippen LogP contribution in [-0.4, -0.2) is 23.8 Å². The molecule has 0 aliphatic heterocycles. The topological polar surface area (TPSA) is 75.6 Å². The van der Waals surface area contributed by atoms with E-state index in [0.29, 0.717) is 13.7 Å². The van der Waals surface area contributed by atoms with Gasteiger partial charge in [-0.15, -0.1) is 11.3 Å². The Morgan fingerprint density at radius 1 is 1.13 bits per heavy atom. The van der Waals surface area contributed by atoms with Gasteiger partial charge in [0.05, 0.1) is 12.5 Å². The quantitative estimate of drug-likeness (QED) is 0.416. The number of nitrogens with one attached hydrogen (secondary N) is 1. The van der Waals surface area contributed by atoms with Crippen molar-refractivity contribution in [2.75, 3.05) is 6.61 Å². The highest BCUT2D eigenvalue weighted by Gasteiger charge is 2.29. The first-order chi connectivity index (χ1) is 14.4. The number of thiophene rings is 1. The Morgan fingerprint density at radius 2 is 1.73 bits per heavy atom. The van der Waals surface area contributed by atoms with E-state index in [9.17, 15) is 14.7 Å². The number of hydrogen-bond acceptors (Lipinski definition) is 4. The summed E-state index contributed by atoms with van der Waals surface area (Å²) in [6, 6.07) is 17.1. The molecule has 1 aliphatic carbocycles. The standard InChI is InChI=1S/C22H17BrClNO4S/c23-17-9-19(30-21(17)24)18(10-20(26)27)25-22(28)29-11-16-14-7-3-1-5-12(14)13-6-2-4-8-15(13)16/h1-9,16,18H,10-11H2,(H,25,28)(H,26,27)/t18-/m0/s1. The molecule has 1 amide bonds. The molecule has 1 atom stereocenters. The summed E-state index contributed by atoms with van der Waals surface area (Å²) in [6.07, 6.45) is -0.934. The van der Waals surface area contributed by atoms with E-state index in [1.165, 1.54) is 11.3 Å². The summed E-state index contributed by atoms with van der Waals surface area (Å²) in [5, 5.41) is 11.9. The van der Waals surface area contributed by atoms with Gasteiger partial charge in [0.25, 0.3) is 0 Å². The van der Waals surface area contributed by atoms with Gasteiger partial charge in [-0.3, -0.25) is 4.79 Å².